The Morgan fingerprint density at radius 3 is 2.32 bits per heavy atom. The highest BCUT2D eigenvalue weighted by atomic mass is 14.6. The number of rotatable bonds is 2. The number of benzene rings is 2. The smallest absolute Gasteiger partial charge is 0.0702 e. The zero-order chi connectivity index (χ0) is 14.8. The van der Waals surface area contributed by atoms with Crippen LogP contribution < -0.4 is 0 Å². The van der Waals surface area contributed by atoms with Crippen molar-refractivity contribution in [3.05, 3.63) is 84.2 Å². The topological polar surface area (TPSA) is 25.8 Å². The summed E-state index contributed by atoms with van der Waals surface area (Å²) in [7, 11) is 0. The molecule has 4 rings (SSSR count). The van der Waals surface area contributed by atoms with Crippen molar-refractivity contribution in [1.29, 1.82) is 0 Å². The number of hydrogen-bond donors (Lipinski definition) is 0. The molecule has 0 bridgehead atoms. The summed E-state index contributed by atoms with van der Waals surface area (Å²) in [5, 5.41) is 2.31. The molecule has 0 saturated carbocycles. The summed E-state index contributed by atoms with van der Waals surface area (Å²) in [4.78, 5) is 8.82. The number of fused-ring (bicyclic) bond motifs is 2. The molecule has 0 aliphatic carbocycles. The summed E-state index contributed by atoms with van der Waals surface area (Å²) in [6.07, 6.45) is 7.93. The zero-order valence-electron chi connectivity index (χ0n) is 12.0. The van der Waals surface area contributed by atoms with E-state index < -0.39 is 0 Å². The number of para-hydroxylation sites is 1. The van der Waals surface area contributed by atoms with E-state index in [0.29, 0.717) is 0 Å². The normalized spacial score (nSPS) is 11.5. The standard InChI is InChI=1S/C20H14N2/c1-2-6-19-17(4-1)13-16(14-22-19)8-7-15-9-10-20-18(12-15)5-3-11-21-20/h1-14H/b8-7-. The average molecular weight is 282 g/mol. The van der Waals surface area contributed by atoms with Crippen LogP contribution in [0.2, 0.25) is 0 Å². The highest BCUT2D eigenvalue weighted by Gasteiger charge is 1.96. The van der Waals surface area contributed by atoms with Gasteiger partial charge in [-0.1, -0.05) is 42.5 Å². The van der Waals surface area contributed by atoms with Gasteiger partial charge in [-0.3, -0.25) is 9.97 Å². The molecule has 0 radical (unpaired) electrons. The van der Waals surface area contributed by atoms with E-state index in [9.17, 15) is 0 Å². The minimum atomic E-state index is 1.02. The van der Waals surface area contributed by atoms with Gasteiger partial charge < -0.3 is 0 Å². The van der Waals surface area contributed by atoms with E-state index >= 15 is 0 Å². The van der Waals surface area contributed by atoms with E-state index in [2.05, 4.69) is 52.5 Å². The average Bonchev–Trinajstić information content (AvgIpc) is 2.59. The molecule has 22 heavy (non-hydrogen) atoms. The summed E-state index contributed by atoms with van der Waals surface area (Å²) in [5.74, 6) is 0. The number of hydrogen-bond acceptors (Lipinski definition) is 2. The molecule has 0 aliphatic heterocycles. The Balaban J connectivity index is 1.68. The Morgan fingerprint density at radius 1 is 0.636 bits per heavy atom. The fourth-order valence-electron chi connectivity index (χ4n) is 2.57. The van der Waals surface area contributed by atoms with Crippen molar-refractivity contribution >= 4 is 34.0 Å². The van der Waals surface area contributed by atoms with Crippen LogP contribution in [-0.4, -0.2) is 9.97 Å². The minimum Gasteiger partial charge on any atom is -0.256 e. The van der Waals surface area contributed by atoms with Crippen LogP contribution in [0.25, 0.3) is 34.0 Å². The van der Waals surface area contributed by atoms with E-state index in [1.807, 2.05) is 42.7 Å². The molecule has 2 nitrogen and oxygen atoms in total. The molecular formula is C20H14N2. The second-order valence-electron chi connectivity index (χ2n) is 5.25. The van der Waals surface area contributed by atoms with E-state index in [1.165, 1.54) is 0 Å². The predicted molar refractivity (Wildman–Crippen MR) is 92.4 cm³/mol. The molecule has 104 valence electrons. The third-order valence-corrected chi connectivity index (χ3v) is 3.71. The van der Waals surface area contributed by atoms with E-state index in [0.717, 1.165) is 32.9 Å². The second kappa shape index (κ2) is 5.41. The van der Waals surface area contributed by atoms with Gasteiger partial charge in [0.05, 0.1) is 11.0 Å². The number of nitrogens with zero attached hydrogens (tertiary/aromatic N) is 2. The third-order valence-electron chi connectivity index (χ3n) is 3.71. The monoisotopic (exact) mass is 282 g/mol. The van der Waals surface area contributed by atoms with Crippen LogP contribution in [-0.2, 0) is 0 Å². The van der Waals surface area contributed by atoms with Gasteiger partial charge in [0.25, 0.3) is 0 Å². The molecule has 4 aromatic rings. The first kappa shape index (κ1) is 12.7. The molecule has 0 saturated heterocycles. The Hall–Kier alpha value is -3.00. The van der Waals surface area contributed by atoms with Crippen LogP contribution in [0.5, 0.6) is 0 Å². The summed E-state index contributed by atoms with van der Waals surface area (Å²) in [6, 6.07) is 20.6. The molecule has 0 aliphatic rings. The van der Waals surface area contributed by atoms with Crippen molar-refractivity contribution in [2.24, 2.45) is 0 Å². The van der Waals surface area contributed by atoms with Crippen molar-refractivity contribution in [3.63, 3.8) is 0 Å². The van der Waals surface area contributed by atoms with Crippen molar-refractivity contribution in [2.45, 2.75) is 0 Å². The van der Waals surface area contributed by atoms with Crippen LogP contribution >= 0.6 is 0 Å². The molecule has 0 fully saturated rings. The zero-order valence-corrected chi connectivity index (χ0v) is 12.0. The molecule has 0 unspecified atom stereocenters. The van der Waals surface area contributed by atoms with E-state index in [4.69, 9.17) is 0 Å². The van der Waals surface area contributed by atoms with Gasteiger partial charge in [-0.15, -0.1) is 0 Å². The Morgan fingerprint density at radius 2 is 1.36 bits per heavy atom. The molecular weight excluding hydrogens is 268 g/mol. The van der Waals surface area contributed by atoms with Crippen molar-refractivity contribution in [1.82, 2.24) is 9.97 Å². The van der Waals surface area contributed by atoms with Crippen molar-refractivity contribution in [3.8, 4) is 0 Å². The summed E-state index contributed by atoms with van der Waals surface area (Å²) in [5.41, 5.74) is 4.31. The fraction of sp³-hybridized carbons (Fsp3) is 0. The number of pyridine rings is 2. The van der Waals surface area contributed by atoms with Gasteiger partial charge in [0, 0.05) is 23.2 Å². The second-order valence-corrected chi connectivity index (χ2v) is 5.25. The molecule has 2 aromatic carbocycles. The third kappa shape index (κ3) is 2.47. The lowest BCUT2D eigenvalue weighted by Crippen LogP contribution is -1.81. The Labute approximate surface area is 128 Å². The van der Waals surface area contributed by atoms with Crippen LogP contribution in [0.4, 0.5) is 0 Å². The Kier molecular flexibility index (Phi) is 3.13. The lowest BCUT2D eigenvalue weighted by Gasteiger charge is -2.00. The first-order valence-corrected chi connectivity index (χ1v) is 7.26. The maximum Gasteiger partial charge on any atom is 0.0702 e. The van der Waals surface area contributed by atoms with Gasteiger partial charge >= 0.3 is 0 Å². The van der Waals surface area contributed by atoms with E-state index in [-0.39, 0.29) is 0 Å². The molecule has 0 atom stereocenters. The SMILES string of the molecule is C(=C/c1cnc2ccccc2c1)/c1ccc2ncccc2c1. The maximum absolute atomic E-state index is 4.48. The predicted octanol–water partition coefficient (Wildman–Crippen LogP) is 4.95. The van der Waals surface area contributed by atoms with Crippen LogP contribution in [0.3, 0.4) is 0 Å². The number of aromatic nitrogens is 2. The summed E-state index contributed by atoms with van der Waals surface area (Å²) in [6.45, 7) is 0. The molecule has 2 heteroatoms. The first-order valence-electron chi connectivity index (χ1n) is 7.26. The van der Waals surface area contributed by atoms with Crippen LogP contribution in [0, 0.1) is 0 Å². The quantitative estimate of drug-likeness (QED) is 0.519. The maximum atomic E-state index is 4.48. The van der Waals surface area contributed by atoms with Crippen LogP contribution in [0.15, 0.2) is 73.1 Å². The van der Waals surface area contributed by atoms with E-state index in [1.54, 1.807) is 0 Å². The largest absolute Gasteiger partial charge is 0.256 e. The molecule has 2 heterocycles. The summed E-state index contributed by atoms with van der Waals surface area (Å²) < 4.78 is 0. The van der Waals surface area contributed by atoms with Crippen molar-refractivity contribution in [2.75, 3.05) is 0 Å². The van der Waals surface area contributed by atoms with Gasteiger partial charge in [-0.25, -0.2) is 0 Å². The molecule has 0 spiro atoms. The fourth-order valence-corrected chi connectivity index (χ4v) is 2.57. The molecule has 0 N–H and O–H groups in total. The van der Waals surface area contributed by atoms with Gasteiger partial charge in [0.2, 0.25) is 0 Å². The highest BCUT2D eigenvalue weighted by molar-refractivity contribution is 5.85. The molecule has 0 amide bonds. The summed E-state index contributed by atoms with van der Waals surface area (Å²) >= 11 is 0. The lowest BCUT2D eigenvalue weighted by atomic mass is 10.1. The van der Waals surface area contributed by atoms with Gasteiger partial charge in [-0.2, -0.15) is 0 Å². The van der Waals surface area contributed by atoms with Crippen LogP contribution in [0.1, 0.15) is 11.1 Å². The molecule has 2 aromatic heterocycles. The highest BCUT2D eigenvalue weighted by Crippen LogP contribution is 2.17. The lowest BCUT2D eigenvalue weighted by molar-refractivity contribution is 1.40. The van der Waals surface area contributed by atoms with Gasteiger partial charge in [-0.05, 0) is 41.5 Å². The van der Waals surface area contributed by atoms with Gasteiger partial charge in [0.15, 0.2) is 0 Å². The first-order chi connectivity index (χ1) is 10.9. The van der Waals surface area contributed by atoms with Crippen molar-refractivity contribution < 1.29 is 0 Å². The minimum absolute atomic E-state index is 1.02. The van der Waals surface area contributed by atoms with Gasteiger partial charge in [0.1, 0.15) is 0 Å². The Bertz CT molecular complexity index is 905.